The molecule has 1 aliphatic rings. The van der Waals surface area contributed by atoms with Gasteiger partial charge in [-0.1, -0.05) is 0 Å². The first kappa shape index (κ1) is 12.0. The minimum atomic E-state index is -0.0797. The Kier molecular flexibility index (Phi) is 3.33. The van der Waals surface area contributed by atoms with Gasteiger partial charge in [-0.05, 0) is 12.1 Å². The molecule has 1 atom stereocenters. The van der Waals surface area contributed by atoms with Crippen LogP contribution in [-0.4, -0.2) is 46.2 Å². The number of hydrogen-bond donors (Lipinski definition) is 0. The van der Waals surface area contributed by atoms with Gasteiger partial charge in [-0.2, -0.15) is 0 Å². The van der Waals surface area contributed by atoms with Gasteiger partial charge in [-0.25, -0.2) is 4.98 Å². The van der Waals surface area contributed by atoms with Crippen LogP contribution in [0.4, 0.5) is 0 Å². The lowest BCUT2D eigenvalue weighted by atomic mass is 10.2. The van der Waals surface area contributed by atoms with Crippen LogP contribution < -0.4 is 0 Å². The summed E-state index contributed by atoms with van der Waals surface area (Å²) in [6, 6.07) is 3.40. The van der Waals surface area contributed by atoms with Crippen molar-refractivity contribution in [3.63, 3.8) is 0 Å². The molecule has 19 heavy (non-hydrogen) atoms. The average molecular weight is 261 g/mol. The SMILES string of the molecule is O=C(c1ccco1)N1CCO[C@H](Cn2ccnc2)C1. The van der Waals surface area contributed by atoms with E-state index in [1.54, 1.807) is 29.6 Å². The Bertz CT molecular complexity index is 521. The van der Waals surface area contributed by atoms with E-state index in [1.165, 1.54) is 6.26 Å². The first-order valence-corrected chi connectivity index (χ1v) is 6.23. The van der Waals surface area contributed by atoms with Gasteiger partial charge in [0.25, 0.3) is 5.91 Å². The summed E-state index contributed by atoms with van der Waals surface area (Å²) >= 11 is 0. The second-order valence-electron chi connectivity index (χ2n) is 4.48. The fraction of sp³-hybridized carbons (Fsp3) is 0.385. The van der Waals surface area contributed by atoms with Crippen LogP contribution in [0.1, 0.15) is 10.6 Å². The molecule has 1 saturated heterocycles. The summed E-state index contributed by atoms with van der Waals surface area (Å²) in [7, 11) is 0. The molecule has 0 aromatic carbocycles. The van der Waals surface area contributed by atoms with Gasteiger partial charge < -0.3 is 18.6 Å². The number of rotatable bonds is 3. The second-order valence-corrected chi connectivity index (χ2v) is 4.48. The van der Waals surface area contributed by atoms with Gasteiger partial charge >= 0.3 is 0 Å². The van der Waals surface area contributed by atoms with Crippen LogP contribution in [0.2, 0.25) is 0 Å². The molecule has 0 unspecified atom stereocenters. The molecule has 0 radical (unpaired) electrons. The number of ether oxygens (including phenoxy) is 1. The lowest BCUT2D eigenvalue weighted by Crippen LogP contribution is -2.46. The highest BCUT2D eigenvalue weighted by molar-refractivity contribution is 5.91. The van der Waals surface area contributed by atoms with Crippen molar-refractivity contribution in [3.8, 4) is 0 Å². The fourth-order valence-corrected chi connectivity index (χ4v) is 2.20. The predicted molar refractivity (Wildman–Crippen MR) is 66.6 cm³/mol. The summed E-state index contributed by atoms with van der Waals surface area (Å²) in [6.45, 7) is 2.41. The number of amides is 1. The Labute approximate surface area is 110 Å². The van der Waals surface area contributed by atoms with Gasteiger partial charge in [0.05, 0.1) is 31.8 Å². The predicted octanol–water partition coefficient (Wildman–Crippen LogP) is 1.02. The zero-order valence-corrected chi connectivity index (χ0v) is 10.4. The second kappa shape index (κ2) is 5.27. The third-order valence-corrected chi connectivity index (χ3v) is 3.13. The maximum atomic E-state index is 12.2. The standard InChI is InChI=1S/C13H15N3O3/c17-13(12-2-1-6-19-12)16-5-7-18-11(9-16)8-15-4-3-14-10-15/h1-4,6,10-11H,5,7-9H2/t11-/m1/s1. The normalized spacial score (nSPS) is 19.6. The number of hydrogen-bond acceptors (Lipinski definition) is 4. The highest BCUT2D eigenvalue weighted by Gasteiger charge is 2.26. The molecule has 3 rings (SSSR count). The summed E-state index contributed by atoms with van der Waals surface area (Å²) in [5.74, 6) is 0.298. The van der Waals surface area contributed by atoms with Gasteiger partial charge in [-0.15, -0.1) is 0 Å². The van der Waals surface area contributed by atoms with Crippen LogP contribution in [0.5, 0.6) is 0 Å². The highest BCUT2D eigenvalue weighted by Crippen LogP contribution is 2.12. The van der Waals surface area contributed by atoms with E-state index in [9.17, 15) is 4.79 Å². The van der Waals surface area contributed by atoms with Crippen LogP contribution >= 0.6 is 0 Å². The van der Waals surface area contributed by atoms with E-state index in [4.69, 9.17) is 9.15 Å². The van der Waals surface area contributed by atoms with Crippen molar-refractivity contribution in [3.05, 3.63) is 42.9 Å². The number of carbonyl (C=O) groups is 1. The summed E-state index contributed by atoms with van der Waals surface area (Å²) in [6.07, 6.45) is 6.86. The molecule has 0 aliphatic carbocycles. The fourth-order valence-electron chi connectivity index (χ4n) is 2.20. The van der Waals surface area contributed by atoms with E-state index in [1.807, 2.05) is 10.8 Å². The molecule has 100 valence electrons. The summed E-state index contributed by atoms with van der Waals surface area (Å²) in [5, 5.41) is 0. The Morgan fingerprint density at radius 2 is 2.47 bits per heavy atom. The van der Waals surface area contributed by atoms with Gasteiger partial charge in [-0.3, -0.25) is 4.79 Å². The van der Waals surface area contributed by atoms with Crippen molar-refractivity contribution in [1.29, 1.82) is 0 Å². The first-order chi connectivity index (χ1) is 9.33. The summed E-state index contributed by atoms with van der Waals surface area (Å²) in [5.41, 5.74) is 0. The van der Waals surface area contributed by atoms with Crippen molar-refractivity contribution in [2.75, 3.05) is 19.7 Å². The van der Waals surface area contributed by atoms with Gasteiger partial charge in [0, 0.05) is 25.5 Å². The largest absolute Gasteiger partial charge is 0.459 e. The molecular formula is C13H15N3O3. The number of morpholine rings is 1. The smallest absolute Gasteiger partial charge is 0.289 e. The van der Waals surface area contributed by atoms with Crippen LogP contribution in [0, 0.1) is 0 Å². The molecule has 0 N–H and O–H groups in total. The van der Waals surface area contributed by atoms with Crippen LogP contribution in [0.3, 0.4) is 0 Å². The Morgan fingerprint density at radius 3 is 3.21 bits per heavy atom. The van der Waals surface area contributed by atoms with Crippen LogP contribution in [0.25, 0.3) is 0 Å². The van der Waals surface area contributed by atoms with Crippen molar-refractivity contribution in [2.24, 2.45) is 0 Å². The molecule has 2 aromatic rings. The van der Waals surface area contributed by atoms with Crippen molar-refractivity contribution in [2.45, 2.75) is 12.6 Å². The lowest BCUT2D eigenvalue weighted by molar-refractivity contribution is -0.0294. The number of carbonyl (C=O) groups excluding carboxylic acids is 1. The summed E-state index contributed by atoms with van der Waals surface area (Å²) in [4.78, 5) is 17.9. The molecule has 0 saturated carbocycles. The highest BCUT2D eigenvalue weighted by atomic mass is 16.5. The third-order valence-electron chi connectivity index (χ3n) is 3.13. The minimum absolute atomic E-state index is 0.0122. The zero-order valence-electron chi connectivity index (χ0n) is 10.4. The number of aromatic nitrogens is 2. The van der Waals surface area contributed by atoms with Crippen LogP contribution in [-0.2, 0) is 11.3 Å². The number of furan rings is 1. The van der Waals surface area contributed by atoms with E-state index in [0.29, 0.717) is 32.0 Å². The zero-order chi connectivity index (χ0) is 13.1. The maximum absolute atomic E-state index is 12.2. The van der Waals surface area contributed by atoms with E-state index in [-0.39, 0.29) is 12.0 Å². The van der Waals surface area contributed by atoms with Crippen molar-refractivity contribution >= 4 is 5.91 Å². The van der Waals surface area contributed by atoms with E-state index < -0.39 is 0 Å². The van der Waals surface area contributed by atoms with Gasteiger partial charge in [0.2, 0.25) is 0 Å². The molecule has 1 aliphatic heterocycles. The van der Waals surface area contributed by atoms with E-state index in [0.717, 1.165) is 0 Å². The molecule has 2 aromatic heterocycles. The monoisotopic (exact) mass is 261 g/mol. The lowest BCUT2D eigenvalue weighted by Gasteiger charge is -2.32. The quantitative estimate of drug-likeness (QED) is 0.827. The molecule has 1 fully saturated rings. The van der Waals surface area contributed by atoms with Gasteiger partial charge in [0.1, 0.15) is 0 Å². The van der Waals surface area contributed by atoms with Crippen LogP contribution in [0.15, 0.2) is 41.5 Å². The van der Waals surface area contributed by atoms with E-state index in [2.05, 4.69) is 4.98 Å². The molecule has 6 heteroatoms. The first-order valence-electron chi connectivity index (χ1n) is 6.23. The Morgan fingerprint density at radius 1 is 1.53 bits per heavy atom. The molecule has 3 heterocycles. The molecular weight excluding hydrogens is 246 g/mol. The molecule has 0 bridgehead atoms. The number of nitrogens with zero attached hydrogens (tertiary/aromatic N) is 3. The molecule has 1 amide bonds. The maximum Gasteiger partial charge on any atom is 0.289 e. The molecule has 6 nitrogen and oxygen atoms in total. The van der Waals surface area contributed by atoms with Gasteiger partial charge in [0.15, 0.2) is 5.76 Å². The molecule has 0 spiro atoms. The topological polar surface area (TPSA) is 60.5 Å². The summed E-state index contributed by atoms with van der Waals surface area (Å²) < 4.78 is 12.8. The number of imidazole rings is 1. The Hall–Kier alpha value is -2.08. The average Bonchev–Trinajstić information content (AvgIpc) is 3.11. The van der Waals surface area contributed by atoms with Crippen molar-refractivity contribution < 1.29 is 13.9 Å². The van der Waals surface area contributed by atoms with E-state index >= 15 is 0 Å². The Balaban J connectivity index is 1.63. The van der Waals surface area contributed by atoms with Crippen molar-refractivity contribution in [1.82, 2.24) is 14.5 Å². The third kappa shape index (κ3) is 2.68. The minimum Gasteiger partial charge on any atom is -0.459 e.